The fourth-order valence-corrected chi connectivity index (χ4v) is 4.88. The molecule has 1 aromatic heterocycles. The van der Waals surface area contributed by atoms with Gasteiger partial charge in [0, 0.05) is 13.1 Å². The van der Waals surface area contributed by atoms with E-state index in [1.807, 2.05) is 11.0 Å². The molecule has 1 aliphatic rings. The molecule has 1 aliphatic heterocycles. The van der Waals surface area contributed by atoms with Crippen molar-refractivity contribution in [2.45, 2.75) is 12.8 Å². The summed E-state index contributed by atoms with van der Waals surface area (Å²) in [4.78, 5) is 14.3. The zero-order chi connectivity index (χ0) is 12.4. The van der Waals surface area contributed by atoms with Crippen LogP contribution in [0.1, 0.15) is 23.2 Å². The lowest BCUT2D eigenvalue weighted by Crippen LogP contribution is -2.42. The molecule has 1 fully saturated rings. The van der Waals surface area contributed by atoms with E-state index in [-0.39, 0.29) is 18.3 Å². The molecule has 1 amide bonds. The number of thiophene rings is 1. The maximum Gasteiger partial charge on any atom is 0.255 e. The van der Waals surface area contributed by atoms with Gasteiger partial charge in [-0.05, 0) is 63.2 Å². The first-order chi connectivity index (χ1) is 8.11. The van der Waals surface area contributed by atoms with Crippen LogP contribution in [0.4, 0.5) is 0 Å². The molecule has 0 aliphatic carbocycles. The predicted molar refractivity (Wildman–Crippen MR) is 84.6 cm³/mol. The minimum Gasteiger partial charge on any atom is -0.338 e. The summed E-state index contributed by atoms with van der Waals surface area (Å²) in [5, 5.41) is 0. The summed E-state index contributed by atoms with van der Waals surface area (Å²) in [6.45, 7) is 2.29. The summed E-state index contributed by atoms with van der Waals surface area (Å²) in [5.41, 5.74) is 6.44. The van der Waals surface area contributed by atoms with Gasteiger partial charge in [0.2, 0.25) is 0 Å². The van der Waals surface area contributed by atoms with Crippen LogP contribution in [0.2, 0.25) is 0 Å². The lowest BCUT2D eigenvalue weighted by atomic mass is 9.98. The van der Waals surface area contributed by atoms with Crippen molar-refractivity contribution < 1.29 is 4.79 Å². The van der Waals surface area contributed by atoms with Gasteiger partial charge in [-0.2, -0.15) is 0 Å². The third-order valence-corrected chi connectivity index (χ3v) is 5.37. The van der Waals surface area contributed by atoms with Gasteiger partial charge in [-0.3, -0.25) is 4.79 Å². The van der Waals surface area contributed by atoms with Gasteiger partial charge in [-0.15, -0.1) is 23.7 Å². The van der Waals surface area contributed by atoms with Crippen molar-refractivity contribution >= 4 is 61.5 Å². The molecule has 2 N–H and O–H groups in total. The molecular formula is C11H15Br2ClN2OS. The maximum atomic E-state index is 12.3. The Kier molecular flexibility index (Phi) is 6.61. The van der Waals surface area contributed by atoms with E-state index in [2.05, 4.69) is 31.9 Å². The van der Waals surface area contributed by atoms with E-state index in [1.54, 1.807) is 0 Å². The highest BCUT2D eigenvalue weighted by molar-refractivity contribution is 9.12. The molecule has 1 saturated heterocycles. The Bertz CT molecular complexity index is 427. The molecular weight excluding hydrogens is 403 g/mol. The van der Waals surface area contributed by atoms with E-state index in [9.17, 15) is 4.79 Å². The minimum absolute atomic E-state index is 0. The third-order valence-electron chi connectivity index (χ3n) is 3.03. The number of halogens is 3. The number of carbonyl (C=O) groups is 1. The molecule has 18 heavy (non-hydrogen) atoms. The molecule has 1 aromatic rings. The number of likely N-dealkylation sites (tertiary alicyclic amines) is 1. The fourth-order valence-electron chi connectivity index (χ4n) is 2.10. The maximum absolute atomic E-state index is 12.3. The van der Waals surface area contributed by atoms with E-state index in [0.29, 0.717) is 12.5 Å². The summed E-state index contributed by atoms with van der Waals surface area (Å²) in [7, 11) is 0. The summed E-state index contributed by atoms with van der Waals surface area (Å²) >= 11 is 8.36. The average molecular weight is 419 g/mol. The predicted octanol–water partition coefficient (Wildman–Crippen LogP) is 3.51. The van der Waals surface area contributed by atoms with Gasteiger partial charge in [0.15, 0.2) is 0 Å². The van der Waals surface area contributed by atoms with Crippen molar-refractivity contribution in [3.8, 4) is 0 Å². The van der Waals surface area contributed by atoms with Gasteiger partial charge >= 0.3 is 0 Å². The molecule has 0 radical (unpaired) electrons. The lowest BCUT2D eigenvalue weighted by molar-refractivity contribution is 0.0678. The van der Waals surface area contributed by atoms with Crippen molar-refractivity contribution in [1.29, 1.82) is 0 Å². The number of piperidine rings is 1. The fraction of sp³-hybridized carbons (Fsp3) is 0.545. The van der Waals surface area contributed by atoms with E-state index in [1.165, 1.54) is 11.3 Å². The molecule has 1 atom stereocenters. The van der Waals surface area contributed by atoms with Crippen LogP contribution >= 0.6 is 55.6 Å². The Morgan fingerprint density at radius 2 is 2.28 bits per heavy atom. The third kappa shape index (κ3) is 3.70. The number of carbonyl (C=O) groups excluding carboxylic acids is 1. The van der Waals surface area contributed by atoms with Gasteiger partial charge in [-0.1, -0.05) is 0 Å². The first-order valence-corrected chi connectivity index (χ1v) is 7.96. The highest BCUT2D eigenvalue weighted by atomic mass is 79.9. The van der Waals surface area contributed by atoms with Gasteiger partial charge in [0.05, 0.1) is 13.1 Å². The Morgan fingerprint density at radius 3 is 2.83 bits per heavy atom. The first kappa shape index (κ1) is 16.4. The second-order valence-corrected chi connectivity index (χ2v) is 7.98. The summed E-state index contributed by atoms with van der Waals surface area (Å²) in [6.07, 6.45) is 2.19. The topological polar surface area (TPSA) is 46.3 Å². The molecule has 0 spiro atoms. The second-order valence-electron chi connectivity index (χ2n) is 4.23. The molecule has 2 rings (SSSR count). The molecule has 3 nitrogen and oxygen atoms in total. The van der Waals surface area contributed by atoms with E-state index in [4.69, 9.17) is 5.73 Å². The van der Waals surface area contributed by atoms with E-state index >= 15 is 0 Å². The normalized spacial score (nSPS) is 19.5. The number of nitrogens with zero attached hydrogens (tertiary/aromatic N) is 1. The molecule has 2 heterocycles. The van der Waals surface area contributed by atoms with Gasteiger partial charge in [-0.25, -0.2) is 0 Å². The van der Waals surface area contributed by atoms with Gasteiger partial charge in [0.1, 0.15) is 0 Å². The highest BCUT2D eigenvalue weighted by Crippen LogP contribution is 2.33. The van der Waals surface area contributed by atoms with Gasteiger partial charge < -0.3 is 10.6 Å². The quantitative estimate of drug-likeness (QED) is 0.799. The smallest absolute Gasteiger partial charge is 0.255 e. The number of nitrogens with two attached hydrogens (primary N) is 1. The molecule has 7 heteroatoms. The second kappa shape index (κ2) is 7.24. The van der Waals surface area contributed by atoms with E-state index < -0.39 is 0 Å². The van der Waals surface area contributed by atoms with Crippen LogP contribution in [-0.4, -0.2) is 30.4 Å². The van der Waals surface area contributed by atoms with Crippen LogP contribution in [0.25, 0.3) is 0 Å². The Balaban J connectivity index is 0.00000162. The molecule has 1 unspecified atom stereocenters. The van der Waals surface area contributed by atoms with E-state index in [0.717, 1.165) is 39.1 Å². The zero-order valence-electron chi connectivity index (χ0n) is 9.70. The molecule has 0 bridgehead atoms. The number of rotatable bonds is 2. The van der Waals surface area contributed by atoms with Crippen LogP contribution in [0.15, 0.2) is 13.6 Å². The van der Waals surface area contributed by atoms with Crippen LogP contribution < -0.4 is 5.73 Å². The van der Waals surface area contributed by atoms with Crippen molar-refractivity contribution in [3.63, 3.8) is 0 Å². The monoisotopic (exact) mass is 416 g/mol. The van der Waals surface area contributed by atoms with Crippen LogP contribution in [-0.2, 0) is 0 Å². The molecule has 0 saturated carbocycles. The SMILES string of the molecule is Cl.NCC1CCCN(C(=O)c2cc(Br)sc2Br)C1. The summed E-state index contributed by atoms with van der Waals surface area (Å²) < 4.78 is 1.87. The number of hydrogen-bond acceptors (Lipinski definition) is 3. The summed E-state index contributed by atoms with van der Waals surface area (Å²) in [6, 6.07) is 1.88. The number of hydrogen-bond donors (Lipinski definition) is 1. The van der Waals surface area contributed by atoms with Crippen LogP contribution in [0, 0.1) is 5.92 Å². The Labute approximate surface area is 134 Å². The van der Waals surface area contributed by atoms with Crippen LogP contribution in [0.3, 0.4) is 0 Å². The largest absolute Gasteiger partial charge is 0.338 e. The highest BCUT2D eigenvalue weighted by Gasteiger charge is 2.25. The van der Waals surface area contributed by atoms with Crippen molar-refractivity contribution in [1.82, 2.24) is 4.90 Å². The Hall–Kier alpha value is 0.380. The Morgan fingerprint density at radius 1 is 1.56 bits per heavy atom. The standard InChI is InChI=1S/C11H14Br2N2OS.ClH/c12-9-4-8(10(13)17-9)11(16)15-3-1-2-7(5-14)6-15;/h4,7H,1-3,5-6,14H2;1H. The molecule has 102 valence electrons. The van der Waals surface area contributed by atoms with Crippen molar-refractivity contribution in [3.05, 3.63) is 19.2 Å². The number of amides is 1. The lowest BCUT2D eigenvalue weighted by Gasteiger charge is -2.32. The van der Waals surface area contributed by atoms with Crippen LogP contribution in [0.5, 0.6) is 0 Å². The summed E-state index contributed by atoms with van der Waals surface area (Å²) in [5.74, 6) is 0.561. The van der Waals surface area contributed by atoms with Crippen molar-refractivity contribution in [2.75, 3.05) is 19.6 Å². The average Bonchev–Trinajstić information content (AvgIpc) is 2.67. The molecule has 0 aromatic carbocycles. The minimum atomic E-state index is 0. The van der Waals surface area contributed by atoms with Gasteiger partial charge in [0.25, 0.3) is 5.91 Å². The zero-order valence-corrected chi connectivity index (χ0v) is 14.5. The first-order valence-electron chi connectivity index (χ1n) is 5.56. The van der Waals surface area contributed by atoms with Crippen molar-refractivity contribution in [2.24, 2.45) is 11.7 Å².